The van der Waals surface area contributed by atoms with Crippen LogP contribution >= 0.6 is 11.6 Å². The van der Waals surface area contributed by atoms with Crippen LogP contribution in [-0.4, -0.2) is 42.0 Å². The van der Waals surface area contributed by atoms with E-state index >= 15 is 0 Å². The highest BCUT2D eigenvalue weighted by Gasteiger charge is 2.23. The molecule has 2 heterocycles. The van der Waals surface area contributed by atoms with Crippen LogP contribution < -0.4 is 4.90 Å². The van der Waals surface area contributed by atoms with Crippen LogP contribution in [0.1, 0.15) is 15.9 Å². The van der Waals surface area contributed by atoms with Crippen molar-refractivity contribution in [2.75, 3.05) is 31.1 Å². The molecule has 0 saturated carbocycles. The highest BCUT2D eigenvalue weighted by molar-refractivity contribution is 6.30. The number of nitrogens with zero attached hydrogens (tertiary/aromatic N) is 4. The SMILES string of the molecule is N#Cc1ccnc(N2CCN(C(=O)c3cccc(Cl)c3)CC2)c1. The maximum atomic E-state index is 12.5. The first-order valence-corrected chi connectivity index (χ1v) is 7.71. The van der Waals surface area contributed by atoms with Crippen LogP contribution in [0, 0.1) is 11.3 Å². The Hall–Kier alpha value is -2.58. The Kier molecular flexibility index (Phi) is 4.45. The molecule has 116 valence electrons. The first-order valence-electron chi connectivity index (χ1n) is 7.33. The summed E-state index contributed by atoms with van der Waals surface area (Å²) in [5.74, 6) is 0.768. The van der Waals surface area contributed by atoms with E-state index < -0.39 is 0 Å². The summed E-state index contributed by atoms with van der Waals surface area (Å²) in [6, 6.07) is 12.6. The van der Waals surface area contributed by atoms with Gasteiger partial charge in [0.2, 0.25) is 0 Å². The summed E-state index contributed by atoms with van der Waals surface area (Å²) in [6.45, 7) is 2.61. The van der Waals surface area contributed by atoms with Crippen LogP contribution in [0.3, 0.4) is 0 Å². The molecular formula is C17H15ClN4O. The van der Waals surface area contributed by atoms with E-state index in [0.717, 1.165) is 5.82 Å². The minimum absolute atomic E-state index is 0.00844. The Morgan fingerprint density at radius 1 is 1.17 bits per heavy atom. The van der Waals surface area contributed by atoms with Gasteiger partial charge in [-0.25, -0.2) is 4.98 Å². The van der Waals surface area contributed by atoms with Gasteiger partial charge in [-0.15, -0.1) is 0 Å². The van der Waals surface area contributed by atoms with E-state index in [2.05, 4.69) is 16.0 Å². The first-order chi connectivity index (χ1) is 11.2. The van der Waals surface area contributed by atoms with Gasteiger partial charge in [0.15, 0.2) is 0 Å². The summed E-state index contributed by atoms with van der Waals surface area (Å²) in [6.07, 6.45) is 1.64. The molecule has 1 aromatic carbocycles. The second-order valence-corrected chi connectivity index (χ2v) is 5.74. The summed E-state index contributed by atoms with van der Waals surface area (Å²) in [4.78, 5) is 20.7. The molecule has 1 aromatic heterocycles. The predicted octanol–water partition coefficient (Wildman–Crippen LogP) is 2.57. The number of carbonyl (C=O) groups excluding carboxylic acids is 1. The van der Waals surface area contributed by atoms with Gasteiger partial charge in [0.25, 0.3) is 5.91 Å². The average molecular weight is 327 g/mol. The number of hydrogen-bond donors (Lipinski definition) is 0. The van der Waals surface area contributed by atoms with Crippen molar-refractivity contribution in [1.82, 2.24) is 9.88 Å². The lowest BCUT2D eigenvalue weighted by Crippen LogP contribution is -2.49. The van der Waals surface area contributed by atoms with Gasteiger partial charge in [-0.1, -0.05) is 17.7 Å². The van der Waals surface area contributed by atoms with E-state index in [-0.39, 0.29) is 5.91 Å². The molecule has 6 heteroatoms. The van der Waals surface area contributed by atoms with E-state index in [9.17, 15) is 4.79 Å². The third kappa shape index (κ3) is 3.43. The van der Waals surface area contributed by atoms with Crippen molar-refractivity contribution < 1.29 is 4.79 Å². The highest BCUT2D eigenvalue weighted by atomic mass is 35.5. The van der Waals surface area contributed by atoms with Gasteiger partial charge < -0.3 is 9.80 Å². The molecular weight excluding hydrogens is 312 g/mol. The van der Waals surface area contributed by atoms with Crippen LogP contribution in [0.5, 0.6) is 0 Å². The number of piperazine rings is 1. The number of rotatable bonds is 2. The van der Waals surface area contributed by atoms with Crippen molar-refractivity contribution >= 4 is 23.3 Å². The van der Waals surface area contributed by atoms with Crippen molar-refractivity contribution in [3.8, 4) is 6.07 Å². The van der Waals surface area contributed by atoms with Gasteiger partial charge in [0.05, 0.1) is 11.6 Å². The van der Waals surface area contributed by atoms with Crippen LogP contribution in [0.25, 0.3) is 0 Å². The fourth-order valence-corrected chi connectivity index (χ4v) is 2.79. The molecule has 0 bridgehead atoms. The van der Waals surface area contributed by atoms with E-state index in [1.54, 1.807) is 42.6 Å². The van der Waals surface area contributed by atoms with Gasteiger partial charge in [-0.3, -0.25) is 4.79 Å². The van der Waals surface area contributed by atoms with Gasteiger partial charge in [0, 0.05) is 43.0 Å². The van der Waals surface area contributed by atoms with Crippen LogP contribution in [0.2, 0.25) is 5.02 Å². The van der Waals surface area contributed by atoms with Crippen molar-refractivity contribution in [3.05, 3.63) is 58.7 Å². The van der Waals surface area contributed by atoms with Gasteiger partial charge in [-0.05, 0) is 30.3 Å². The molecule has 5 nitrogen and oxygen atoms in total. The number of nitriles is 1. The molecule has 0 N–H and O–H groups in total. The van der Waals surface area contributed by atoms with Crippen molar-refractivity contribution in [2.24, 2.45) is 0 Å². The number of hydrogen-bond acceptors (Lipinski definition) is 4. The summed E-state index contributed by atoms with van der Waals surface area (Å²) < 4.78 is 0. The average Bonchev–Trinajstić information content (AvgIpc) is 2.61. The first kappa shape index (κ1) is 15.3. The lowest BCUT2D eigenvalue weighted by Gasteiger charge is -2.35. The number of carbonyl (C=O) groups is 1. The van der Waals surface area contributed by atoms with Gasteiger partial charge in [0.1, 0.15) is 5.82 Å². The summed E-state index contributed by atoms with van der Waals surface area (Å²) in [5.41, 5.74) is 1.20. The molecule has 1 aliphatic heterocycles. The molecule has 2 aromatic rings. The maximum absolute atomic E-state index is 12.5. The van der Waals surface area contributed by atoms with Gasteiger partial charge in [-0.2, -0.15) is 5.26 Å². The predicted molar refractivity (Wildman–Crippen MR) is 88.5 cm³/mol. The van der Waals surface area contributed by atoms with E-state index in [1.807, 2.05) is 4.90 Å². The fraction of sp³-hybridized carbons (Fsp3) is 0.235. The topological polar surface area (TPSA) is 60.2 Å². The number of anilines is 1. The summed E-state index contributed by atoms with van der Waals surface area (Å²) >= 11 is 5.95. The Morgan fingerprint density at radius 2 is 1.96 bits per heavy atom. The zero-order valence-corrected chi connectivity index (χ0v) is 13.2. The van der Waals surface area contributed by atoms with Gasteiger partial charge >= 0.3 is 0 Å². The molecule has 1 amide bonds. The van der Waals surface area contributed by atoms with Crippen LogP contribution in [0.15, 0.2) is 42.6 Å². The molecule has 0 spiro atoms. The molecule has 0 aliphatic carbocycles. The van der Waals surface area contributed by atoms with E-state index in [4.69, 9.17) is 16.9 Å². The van der Waals surface area contributed by atoms with E-state index in [0.29, 0.717) is 42.3 Å². The highest BCUT2D eigenvalue weighted by Crippen LogP contribution is 2.17. The molecule has 0 radical (unpaired) electrons. The maximum Gasteiger partial charge on any atom is 0.254 e. The molecule has 0 atom stereocenters. The Balaban J connectivity index is 1.66. The van der Waals surface area contributed by atoms with Crippen molar-refractivity contribution in [3.63, 3.8) is 0 Å². The second kappa shape index (κ2) is 6.67. The largest absolute Gasteiger partial charge is 0.353 e. The lowest BCUT2D eigenvalue weighted by molar-refractivity contribution is 0.0746. The monoisotopic (exact) mass is 326 g/mol. The zero-order chi connectivity index (χ0) is 16.2. The zero-order valence-electron chi connectivity index (χ0n) is 12.4. The minimum Gasteiger partial charge on any atom is -0.353 e. The third-order valence-electron chi connectivity index (χ3n) is 3.84. The van der Waals surface area contributed by atoms with Crippen molar-refractivity contribution in [2.45, 2.75) is 0 Å². The molecule has 3 rings (SSSR count). The van der Waals surface area contributed by atoms with E-state index in [1.165, 1.54) is 0 Å². The van der Waals surface area contributed by atoms with Crippen LogP contribution in [-0.2, 0) is 0 Å². The Labute approximate surface area is 139 Å². The second-order valence-electron chi connectivity index (χ2n) is 5.30. The number of pyridine rings is 1. The Morgan fingerprint density at radius 3 is 2.65 bits per heavy atom. The molecule has 1 fully saturated rings. The Bertz CT molecular complexity index is 763. The summed E-state index contributed by atoms with van der Waals surface area (Å²) in [7, 11) is 0. The molecule has 1 aliphatic rings. The van der Waals surface area contributed by atoms with Crippen molar-refractivity contribution in [1.29, 1.82) is 5.26 Å². The quantitative estimate of drug-likeness (QED) is 0.851. The standard InChI is InChI=1S/C17H15ClN4O/c18-15-3-1-2-14(11-15)17(23)22-8-6-21(7-9-22)16-10-13(12-19)4-5-20-16/h1-5,10-11H,6-9H2. The third-order valence-corrected chi connectivity index (χ3v) is 4.07. The molecule has 0 unspecified atom stereocenters. The summed E-state index contributed by atoms with van der Waals surface area (Å²) in [5, 5.41) is 9.53. The number of aromatic nitrogens is 1. The number of amides is 1. The van der Waals surface area contributed by atoms with Crippen LogP contribution in [0.4, 0.5) is 5.82 Å². The minimum atomic E-state index is -0.00844. The smallest absolute Gasteiger partial charge is 0.254 e. The molecule has 1 saturated heterocycles. The normalized spacial score (nSPS) is 14.4. The number of benzene rings is 1. The fourth-order valence-electron chi connectivity index (χ4n) is 2.60. The molecule has 23 heavy (non-hydrogen) atoms. The lowest BCUT2D eigenvalue weighted by atomic mass is 10.2. The number of halogens is 1.